The molecule has 60 valence electrons. The van der Waals surface area contributed by atoms with Crippen LogP contribution in [0.2, 0.25) is 0 Å². The van der Waals surface area contributed by atoms with Gasteiger partial charge in [0.1, 0.15) is 0 Å². The van der Waals surface area contributed by atoms with E-state index in [-0.39, 0.29) is 0 Å². The van der Waals surface area contributed by atoms with Crippen LogP contribution in [0.3, 0.4) is 0 Å². The SMILES string of the molecule is CC#C/C=C(\N=NC)C(C)C. The van der Waals surface area contributed by atoms with Crippen molar-refractivity contribution in [2.75, 3.05) is 7.05 Å². The molecule has 0 radical (unpaired) electrons. The summed E-state index contributed by atoms with van der Waals surface area (Å²) >= 11 is 0. The van der Waals surface area contributed by atoms with E-state index in [9.17, 15) is 0 Å². The highest BCUT2D eigenvalue weighted by molar-refractivity contribution is 5.20. The summed E-state index contributed by atoms with van der Waals surface area (Å²) in [6.45, 7) is 5.94. The number of nitrogens with zero attached hydrogens (tertiary/aromatic N) is 2. The van der Waals surface area contributed by atoms with Crippen molar-refractivity contribution in [2.45, 2.75) is 20.8 Å². The van der Waals surface area contributed by atoms with E-state index >= 15 is 0 Å². The summed E-state index contributed by atoms with van der Waals surface area (Å²) in [6, 6.07) is 0. The highest BCUT2D eigenvalue weighted by atomic mass is 15.1. The van der Waals surface area contributed by atoms with E-state index in [1.165, 1.54) is 0 Å². The van der Waals surface area contributed by atoms with Crippen molar-refractivity contribution in [1.29, 1.82) is 0 Å². The number of rotatable bonds is 2. The Kier molecular flexibility index (Phi) is 5.10. The van der Waals surface area contributed by atoms with E-state index in [0.29, 0.717) is 5.92 Å². The molecular formula is C9H14N2. The molecule has 0 saturated carbocycles. The van der Waals surface area contributed by atoms with Gasteiger partial charge in [-0.25, -0.2) is 0 Å². The van der Waals surface area contributed by atoms with Crippen molar-refractivity contribution in [1.82, 2.24) is 0 Å². The molecule has 0 fully saturated rings. The predicted molar refractivity (Wildman–Crippen MR) is 47.2 cm³/mol. The van der Waals surface area contributed by atoms with Gasteiger partial charge >= 0.3 is 0 Å². The van der Waals surface area contributed by atoms with Gasteiger partial charge in [-0.1, -0.05) is 19.8 Å². The van der Waals surface area contributed by atoms with E-state index in [0.717, 1.165) is 5.70 Å². The summed E-state index contributed by atoms with van der Waals surface area (Å²) < 4.78 is 0. The maximum absolute atomic E-state index is 3.94. The number of hydrogen-bond acceptors (Lipinski definition) is 2. The first kappa shape index (κ1) is 9.90. The molecule has 0 heterocycles. The summed E-state index contributed by atoms with van der Waals surface area (Å²) in [5.41, 5.74) is 0.932. The van der Waals surface area contributed by atoms with Crippen LogP contribution in [0.25, 0.3) is 0 Å². The van der Waals surface area contributed by atoms with E-state index in [1.54, 1.807) is 20.0 Å². The third kappa shape index (κ3) is 4.32. The van der Waals surface area contributed by atoms with E-state index < -0.39 is 0 Å². The third-order valence-corrected chi connectivity index (χ3v) is 1.17. The lowest BCUT2D eigenvalue weighted by atomic mass is 10.1. The number of hydrogen-bond donors (Lipinski definition) is 0. The standard InChI is InChI=1S/C9H14N2/c1-5-6-7-9(8(2)3)11-10-4/h7-8H,1-4H3/b9-7-,11-10?. The second-order valence-electron chi connectivity index (χ2n) is 2.42. The molecule has 0 aromatic rings. The second kappa shape index (κ2) is 5.67. The maximum Gasteiger partial charge on any atom is 0.0734 e. The molecule has 0 bridgehead atoms. The highest BCUT2D eigenvalue weighted by Crippen LogP contribution is 2.09. The fourth-order valence-corrected chi connectivity index (χ4v) is 0.573. The Morgan fingerprint density at radius 2 is 2.09 bits per heavy atom. The summed E-state index contributed by atoms with van der Waals surface area (Å²) in [7, 11) is 1.66. The lowest BCUT2D eigenvalue weighted by molar-refractivity contribution is 0.740. The second-order valence-corrected chi connectivity index (χ2v) is 2.42. The van der Waals surface area contributed by atoms with E-state index in [1.807, 2.05) is 0 Å². The lowest BCUT2D eigenvalue weighted by Crippen LogP contribution is -1.88. The zero-order chi connectivity index (χ0) is 8.69. The monoisotopic (exact) mass is 150 g/mol. The van der Waals surface area contributed by atoms with Gasteiger partial charge in [0.05, 0.1) is 5.70 Å². The van der Waals surface area contributed by atoms with Crippen molar-refractivity contribution in [3.05, 3.63) is 11.8 Å². The van der Waals surface area contributed by atoms with Gasteiger partial charge in [-0.05, 0) is 12.8 Å². The van der Waals surface area contributed by atoms with Crippen LogP contribution < -0.4 is 0 Å². The first-order valence-corrected chi connectivity index (χ1v) is 3.64. The molecular weight excluding hydrogens is 136 g/mol. The summed E-state index contributed by atoms with van der Waals surface area (Å²) in [6.07, 6.45) is 1.80. The van der Waals surface area contributed by atoms with Gasteiger partial charge in [-0.2, -0.15) is 10.2 Å². The summed E-state index contributed by atoms with van der Waals surface area (Å²) in [5.74, 6) is 6.02. The van der Waals surface area contributed by atoms with Gasteiger partial charge in [0.15, 0.2) is 0 Å². The van der Waals surface area contributed by atoms with Gasteiger partial charge in [-0.3, -0.25) is 0 Å². The molecule has 2 heteroatoms. The van der Waals surface area contributed by atoms with Crippen LogP contribution >= 0.6 is 0 Å². The van der Waals surface area contributed by atoms with Crippen LogP contribution in [0, 0.1) is 17.8 Å². The molecule has 0 amide bonds. The van der Waals surface area contributed by atoms with Gasteiger partial charge < -0.3 is 0 Å². The molecule has 0 aliphatic carbocycles. The van der Waals surface area contributed by atoms with Crippen LogP contribution in [0.5, 0.6) is 0 Å². The van der Waals surface area contributed by atoms with Crippen LogP contribution in [-0.4, -0.2) is 7.05 Å². The summed E-state index contributed by atoms with van der Waals surface area (Å²) in [4.78, 5) is 0. The zero-order valence-electron chi connectivity index (χ0n) is 7.55. The largest absolute Gasteiger partial charge is 0.192 e. The Balaban J connectivity index is 4.41. The molecule has 0 aromatic carbocycles. The van der Waals surface area contributed by atoms with Crippen molar-refractivity contribution in [3.63, 3.8) is 0 Å². The minimum absolute atomic E-state index is 0.388. The average molecular weight is 150 g/mol. The van der Waals surface area contributed by atoms with Crippen molar-refractivity contribution < 1.29 is 0 Å². The molecule has 2 nitrogen and oxygen atoms in total. The molecule has 0 saturated heterocycles. The van der Waals surface area contributed by atoms with E-state index in [4.69, 9.17) is 0 Å². The van der Waals surface area contributed by atoms with Crippen LogP contribution in [0.15, 0.2) is 22.0 Å². The highest BCUT2D eigenvalue weighted by Gasteiger charge is 1.98. The molecule has 0 aromatic heterocycles. The Labute approximate surface area is 68.4 Å². The molecule has 0 atom stereocenters. The zero-order valence-corrected chi connectivity index (χ0v) is 7.55. The fraction of sp³-hybridized carbons (Fsp3) is 0.556. The quantitative estimate of drug-likeness (QED) is 0.427. The molecule has 0 aliphatic rings. The molecule has 11 heavy (non-hydrogen) atoms. The van der Waals surface area contributed by atoms with Crippen molar-refractivity contribution in [3.8, 4) is 11.8 Å². The number of allylic oxidation sites excluding steroid dienone is 2. The Morgan fingerprint density at radius 1 is 1.45 bits per heavy atom. The van der Waals surface area contributed by atoms with Gasteiger partial charge in [-0.15, -0.1) is 5.92 Å². The number of azo groups is 1. The molecule has 0 N–H and O–H groups in total. The molecule has 0 rings (SSSR count). The van der Waals surface area contributed by atoms with Crippen molar-refractivity contribution >= 4 is 0 Å². The molecule has 0 unspecified atom stereocenters. The molecule has 0 aliphatic heterocycles. The first-order valence-electron chi connectivity index (χ1n) is 3.64. The molecule has 0 spiro atoms. The van der Waals surface area contributed by atoms with Gasteiger partial charge in [0.2, 0.25) is 0 Å². The Hall–Kier alpha value is -1.10. The average Bonchev–Trinajstić information content (AvgIpc) is 1.97. The van der Waals surface area contributed by atoms with Crippen molar-refractivity contribution in [2.24, 2.45) is 16.1 Å². The summed E-state index contributed by atoms with van der Waals surface area (Å²) in [5, 5.41) is 7.64. The maximum atomic E-state index is 3.94. The topological polar surface area (TPSA) is 24.7 Å². The van der Waals surface area contributed by atoms with Crippen LogP contribution in [0.1, 0.15) is 20.8 Å². The predicted octanol–water partition coefficient (Wildman–Crippen LogP) is 2.63. The lowest BCUT2D eigenvalue weighted by Gasteiger charge is -2.00. The van der Waals surface area contributed by atoms with E-state index in [2.05, 4.69) is 35.9 Å². The van der Waals surface area contributed by atoms with Crippen LogP contribution in [-0.2, 0) is 0 Å². The van der Waals surface area contributed by atoms with Gasteiger partial charge in [0.25, 0.3) is 0 Å². The minimum Gasteiger partial charge on any atom is -0.192 e. The Bertz CT molecular complexity index is 213. The first-order chi connectivity index (χ1) is 5.22. The normalized spacial score (nSPS) is 11.9. The third-order valence-electron chi connectivity index (χ3n) is 1.17. The Morgan fingerprint density at radius 3 is 2.45 bits per heavy atom. The fourth-order valence-electron chi connectivity index (χ4n) is 0.573. The minimum atomic E-state index is 0.388. The smallest absolute Gasteiger partial charge is 0.0734 e. The van der Waals surface area contributed by atoms with Crippen LogP contribution in [0.4, 0.5) is 0 Å². The van der Waals surface area contributed by atoms with Gasteiger partial charge in [0, 0.05) is 13.1 Å².